The van der Waals surface area contributed by atoms with Gasteiger partial charge in [-0.1, -0.05) is 20.8 Å². The van der Waals surface area contributed by atoms with E-state index in [2.05, 4.69) is 40.9 Å². The average Bonchev–Trinajstić information content (AvgIpc) is 2.50. The molecule has 0 spiro atoms. The minimum atomic E-state index is -0.0238. The molecule has 0 bridgehead atoms. The fraction of sp³-hybridized carbons (Fsp3) is 0.500. The first-order chi connectivity index (χ1) is 6.48. The quantitative estimate of drug-likeness (QED) is 0.690. The van der Waals surface area contributed by atoms with E-state index >= 15 is 0 Å². The molecule has 14 heavy (non-hydrogen) atoms. The minimum absolute atomic E-state index is 0.0238. The van der Waals surface area contributed by atoms with Gasteiger partial charge in [-0.05, 0) is 6.92 Å². The maximum absolute atomic E-state index is 4.47. The van der Waals surface area contributed by atoms with Crippen LogP contribution in [-0.2, 0) is 5.41 Å². The summed E-state index contributed by atoms with van der Waals surface area (Å²) in [6.45, 7) is 8.28. The second kappa shape index (κ2) is 2.77. The highest BCUT2D eigenvalue weighted by Gasteiger charge is 2.19. The molecule has 0 atom stereocenters. The van der Waals surface area contributed by atoms with Crippen LogP contribution in [0.3, 0.4) is 0 Å². The predicted octanol–water partition coefficient (Wildman–Crippen LogP) is 1.96. The molecule has 0 saturated heterocycles. The van der Waals surface area contributed by atoms with Gasteiger partial charge < -0.3 is 0 Å². The molecule has 0 fully saturated rings. The van der Waals surface area contributed by atoms with Crippen molar-refractivity contribution in [2.24, 2.45) is 0 Å². The van der Waals surface area contributed by atoms with Crippen LogP contribution < -0.4 is 0 Å². The number of aromatic amines is 1. The number of nitrogens with zero attached hydrogens (tertiary/aromatic N) is 3. The van der Waals surface area contributed by atoms with Crippen LogP contribution in [0, 0.1) is 6.92 Å². The molecule has 0 aliphatic heterocycles. The number of aromatic nitrogens is 4. The Hall–Kier alpha value is -1.45. The topological polar surface area (TPSA) is 54.5 Å². The van der Waals surface area contributed by atoms with Crippen molar-refractivity contribution in [3.8, 4) is 0 Å². The van der Waals surface area contributed by atoms with Crippen molar-refractivity contribution in [1.29, 1.82) is 0 Å². The summed E-state index contributed by atoms with van der Waals surface area (Å²) >= 11 is 0. The molecule has 0 unspecified atom stereocenters. The van der Waals surface area contributed by atoms with Crippen LogP contribution in [-0.4, -0.2) is 20.2 Å². The molecular weight excluding hydrogens is 176 g/mol. The lowest BCUT2D eigenvalue weighted by Crippen LogP contribution is -2.16. The van der Waals surface area contributed by atoms with Gasteiger partial charge in [0.05, 0.1) is 17.3 Å². The molecule has 2 heterocycles. The predicted molar refractivity (Wildman–Crippen MR) is 55.1 cm³/mol. The summed E-state index contributed by atoms with van der Waals surface area (Å²) < 4.78 is 0. The van der Waals surface area contributed by atoms with E-state index in [4.69, 9.17) is 0 Å². The maximum atomic E-state index is 4.47. The normalized spacial score (nSPS) is 12.3. The lowest BCUT2D eigenvalue weighted by molar-refractivity contribution is 0.546. The zero-order chi connectivity index (χ0) is 10.3. The maximum Gasteiger partial charge on any atom is 0.159 e. The first-order valence-electron chi connectivity index (χ1n) is 4.66. The van der Waals surface area contributed by atoms with Gasteiger partial charge in [0, 0.05) is 5.41 Å². The summed E-state index contributed by atoms with van der Waals surface area (Å²) in [7, 11) is 0. The van der Waals surface area contributed by atoms with Crippen LogP contribution in [0.5, 0.6) is 0 Å². The SMILES string of the molecule is Cc1nc(C(C)(C)C)nc2[nH]ncc12. The van der Waals surface area contributed by atoms with Crippen molar-refractivity contribution < 1.29 is 0 Å². The van der Waals surface area contributed by atoms with Crippen molar-refractivity contribution in [2.45, 2.75) is 33.1 Å². The highest BCUT2D eigenvalue weighted by Crippen LogP contribution is 2.21. The van der Waals surface area contributed by atoms with Gasteiger partial charge in [0.25, 0.3) is 0 Å². The summed E-state index contributed by atoms with van der Waals surface area (Å²) in [6.07, 6.45) is 1.76. The fourth-order valence-corrected chi connectivity index (χ4v) is 1.31. The Bertz CT molecular complexity index is 464. The van der Waals surface area contributed by atoms with E-state index in [1.807, 2.05) is 6.92 Å². The van der Waals surface area contributed by atoms with Crippen molar-refractivity contribution in [3.05, 3.63) is 17.7 Å². The molecule has 0 aliphatic rings. The average molecular weight is 190 g/mol. The number of H-pyrrole nitrogens is 1. The van der Waals surface area contributed by atoms with Crippen molar-refractivity contribution in [2.75, 3.05) is 0 Å². The Morgan fingerprint density at radius 3 is 2.57 bits per heavy atom. The van der Waals surface area contributed by atoms with Crippen molar-refractivity contribution >= 4 is 11.0 Å². The van der Waals surface area contributed by atoms with Crippen LogP contribution in [0.15, 0.2) is 6.20 Å². The number of hydrogen-bond acceptors (Lipinski definition) is 3. The standard InChI is InChI=1S/C10H14N4/c1-6-7-5-11-14-8(7)13-9(12-6)10(2,3)4/h5H,1-4H3,(H,11,12,13,14). The van der Waals surface area contributed by atoms with Crippen LogP contribution in [0.4, 0.5) is 0 Å². The Morgan fingerprint density at radius 2 is 1.93 bits per heavy atom. The summed E-state index contributed by atoms with van der Waals surface area (Å²) in [4.78, 5) is 8.91. The van der Waals surface area contributed by atoms with Crippen LogP contribution in [0.25, 0.3) is 11.0 Å². The van der Waals surface area contributed by atoms with E-state index in [-0.39, 0.29) is 5.41 Å². The molecular formula is C10H14N4. The van der Waals surface area contributed by atoms with E-state index in [9.17, 15) is 0 Å². The molecule has 0 radical (unpaired) electrons. The molecule has 0 aromatic carbocycles. The molecule has 2 aromatic rings. The summed E-state index contributed by atoms with van der Waals surface area (Å²) in [5, 5.41) is 7.83. The smallest absolute Gasteiger partial charge is 0.159 e. The van der Waals surface area contributed by atoms with Gasteiger partial charge in [0.2, 0.25) is 0 Å². The third-order valence-corrected chi connectivity index (χ3v) is 2.17. The van der Waals surface area contributed by atoms with Gasteiger partial charge in [-0.15, -0.1) is 0 Å². The van der Waals surface area contributed by atoms with Crippen molar-refractivity contribution in [1.82, 2.24) is 20.2 Å². The van der Waals surface area contributed by atoms with E-state index in [0.717, 1.165) is 22.6 Å². The number of fused-ring (bicyclic) bond motifs is 1. The minimum Gasteiger partial charge on any atom is -0.261 e. The van der Waals surface area contributed by atoms with Gasteiger partial charge in [-0.2, -0.15) is 5.10 Å². The van der Waals surface area contributed by atoms with Gasteiger partial charge in [0.1, 0.15) is 5.82 Å². The number of aryl methyl sites for hydroxylation is 1. The highest BCUT2D eigenvalue weighted by molar-refractivity contribution is 5.76. The van der Waals surface area contributed by atoms with Gasteiger partial charge in [-0.3, -0.25) is 5.10 Å². The van der Waals surface area contributed by atoms with Crippen molar-refractivity contribution in [3.63, 3.8) is 0 Å². The zero-order valence-electron chi connectivity index (χ0n) is 8.92. The van der Waals surface area contributed by atoms with E-state index in [0.29, 0.717) is 0 Å². The van der Waals surface area contributed by atoms with Gasteiger partial charge in [-0.25, -0.2) is 9.97 Å². The Labute approximate surface area is 82.8 Å². The van der Waals surface area contributed by atoms with Crippen LogP contribution in [0.1, 0.15) is 32.3 Å². The third kappa shape index (κ3) is 1.36. The summed E-state index contributed by atoms with van der Waals surface area (Å²) in [5.74, 6) is 0.853. The second-order valence-corrected chi connectivity index (χ2v) is 4.51. The lowest BCUT2D eigenvalue weighted by Gasteiger charge is -2.16. The molecule has 4 nitrogen and oxygen atoms in total. The number of rotatable bonds is 0. The van der Waals surface area contributed by atoms with Gasteiger partial charge >= 0.3 is 0 Å². The Balaban J connectivity index is 2.70. The third-order valence-electron chi connectivity index (χ3n) is 2.17. The highest BCUT2D eigenvalue weighted by atomic mass is 15.1. The molecule has 4 heteroatoms. The molecule has 2 aromatic heterocycles. The first-order valence-corrected chi connectivity index (χ1v) is 4.66. The molecule has 0 amide bonds. The molecule has 1 N–H and O–H groups in total. The molecule has 74 valence electrons. The summed E-state index contributed by atoms with van der Waals surface area (Å²) in [5.41, 5.74) is 1.78. The summed E-state index contributed by atoms with van der Waals surface area (Å²) in [6, 6.07) is 0. The largest absolute Gasteiger partial charge is 0.261 e. The molecule has 2 rings (SSSR count). The second-order valence-electron chi connectivity index (χ2n) is 4.51. The van der Waals surface area contributed by atoms with Crippen LogP contribution >= 0.6 is 0 Å². The Kier molecular flexibility index (Phi) is 1.80. The Morgan fingerprint density at radius 1 is 1.21 bits per heavy atom. The number of nitrogens with one attached hydrogen (secondary N) is 1. The van der Waals surface area contributed by atoms with E-state index in [1.54, 1.807) is 6.20 Å². The van der Waals surface area contributed by atoms with E-state index in [1.165, 1.54) is 0 Å². The lowest BCUT2D eigenvalue weighted by atomic mass is 9.95. The van der Waals surface area contributed by atoms with E-state index < -0.39 is 0 Å². The number of hydrogen-bond donors (Lipinski definition) is 1. The monoisotopic (exact) mass is 190 g/mol. The molecule has 0 aliphatic carbocycles. The zero-order valence-corrected chi connectivity index (χ0v) is 8.92. The van der Waals surface area contributed by atoms with Crippen LogP contribution in [0.2, 0.25) is 0 Å². The molecule has 0 saturated carbocycles. The van der Waals surface area contributed by atoms with Gasteiger partial charge in [0.15, 0.2) is 5.65 Å². The fourth-order valence-electron chi connectivity index (χ4n) is 1.31. The first kappa shape index (κ1) is 9.12.